The number of alkyl halides is 1. The van der Waals surface area contributed by atoms with E-state index in [2.05, 4.69) is 20.7 Å². The van der Waals surface area contributed by atoms with Crippen molar-refractivity contribution < 1.29 is 14.3 Å². The fourth-order valence-electron chi connectivity index (χ4n) is 1.58. The Balaban J connectivity index is 2.44. The third-order valence-corrected chi connectivity index (χ3v) is 3.42. The average Bonchev–Trinajstić information content (AvgIpc) is 2.25. The lowest BCUT2D eigenvalue weighted by atomic mass is 9.86. The van der Waals surface area contributed by atoms with Crippen molar-refractivity contribution in [2.45, 2.75) is 17.2 Å². The molecule has 1 aliphatic heterocycles. The summed E-state index contributed by atoms with van der Waals surface area (Å²) in [6.07, 6.45) is 5.13. The predicted molar refractivity (Wildman–Crippen MR) is 44.6 cm³/mol. The molecule has 0 aromatic rings. The lowest BCUT2D eigenvalue weighted by molar-refractivity contribution is -0.153. The summed E-state index contributed by atoms with van der Waals surface area (Å²) in [4.78, 5) is 22.3. The maximum Gasteiger partial charge on any atom is 0.335 e. The number of carbonyl (C=O) groups excluding carboxylic acids is 2. The number of fused-ring (bicyclic) bond motifs is 1. The van der Waals surface area contributed by atoms with E-state index < -0.39 is 16.3 Å². The van der Waals surface area contributed by atoms with Gasteiger partial charge >= 0.3 is 11.9 Å². The number of carbonyl (C=O) groups is 2. The first-order valence-electron chi connectivity index (χ1n) is 3.77. The van der Waals surface area contributed by atoms with Crippen LogP contribution in [0.3, 0.4) is 0 Å². The van der Waals surface area contributed by atoms with E-state index in [1.807, 2.05) is 6.08 Å². The molecule has 1 fully saturated rings. The van der Waals surface area contributed by atoms with Gasteiger partial charge < -0.3 is 4.74 Å². The molecule has 4 heteroatoms. The Morgan fingerprint density at radius 3 is 3.00 bits per heavy atom. The zero-order valence-corrected chi connectivity index (χ0v) is 7.83. The Morgan fingerprint density at radius 1 is 1.58 bits per heavy atom. The fourth-order valence-corrected chi connectivity index (χ4v) is 2.27. The number of allylic oxidation sites excluding steroid dienone is 1. The molecule has 2 atom stereocenters. The molecule has 1 saturated heterocycles. The number of cyclic esters (lactones) is 2. The van der Waals surface area contributed by atoms with Crippen LogP contribution in [-0.4, -0.2) is 16.3 Å². The van der Waals surface area contributed by atoms with Crippen LogP contribution in [0, 0.1) is 5.92 Å². The van der Waals surface area contributed by atoms with E-state index in [1.54, 1.807) is 6.08 Å². The zero-order valence-electron chi connectivity index (χ0n) is 6.25. The first-order valence-corrected chi connectivity index (χ1v) is 4.56. The van der Waals surface area contributed by atoms with E-state index in [0.29, 0.717) is 6.42 Å². The third-order valence-electron chi connectivity index (χ3n) is 2.28. The molecule has 0 aromatic carbocycles. The number of rotatable bonds is 0. The van der Waals surface area contributed by atoms with Crippen LogP contribution in [0.4, 0.5) is 0 Å². The maximum atomic E-state index is 11.2. The van der Waals surface area contributed by atoms with Crippen molar-refractivity contribution in [2.24, 2.45) is 5.92 Å². The maximum absolute atomic E-state index is 11.2. The summed E-state index contributed by atoms with van der Waals surface area (Å²) in [7, 11) is 0. The van der Waals surface area contributed by atoms with E-state index in [4.69, 9.17) is 0 Å². The molecule has 0 spiro atoms. The molecule has 12 heavy (non-hydrogen) atoms. The van der Waals surface area contributed by atoms with Gasteiger partial charge in [0.25, 0.3) is 0 Å². The molecule has 64 valence electrons. The summed E-state index contributed by atoms with van der Waals surface area (Å²) < 4.78 is 3.68. The van der Waals surface area contributed by atoms with Gasteiger partial charge in [-0.15, -0.1) is 0 Å². The van der Waals surface area contributed by atoms with Crippen LogP contribution in [0.5, 0.6) is 0 Å². The van der Waals surface area contributed by atoms with Crippen LogP contribution < -0.4 is 0 Å². The van der Waals surface area contributed by atoms with Crippen LogP contribution in [-0.2, 0) is 14.3 Å². The summed E-state index contributed by atoms with van der Waals surface area (Å²) in [6, 6.07) is 0. The summed E-state index contributed by atoms with van der Waals surface area (Å²) in [5.74, 6) is -1.20. The topological polar surface area (TPSA) is 43.4 Å². The van der Waals surface area contributed by atoms with Crippen molar-refractivity contribution in [3.05, 3.63) is 12.2 Å². The zero-order chi connectivity index (χ0) is 8.77. The average molecular weight is 231 g/mol. The van der Waals surface area contributed by atoms with Gasteiger partial charge in [0, 0.05) is 0 Å². The van der Waals surface area contributed by atoms with Crippen molar-refractivity contribution in [1.29, 1.82) is 0 Å². The monoisotopic (exact) mass is 230 g/mol. The Kier molecular flexibility index (Phi) is 1.61. The summed E-state index contributed by atoms with van der Waals surface area (Å²) >= 11 is 3.25. The molecule has 0 saturated carbocycles. The fraction of sp³-hybridized carbons (Fsp3) is 0.500. The van der Waals surface area contributed by atoms with Gasteiger partial charge in [-0.1, -0.05) is 28.1 Å². The summed E-state index contributed by atoms with van der Waals surface area (Å²) in [5.41, 5.74) is 0. The molecule has 3 nitrogen and oxygen atoms in total. The molecule has 0 aromatic heterocycles. The van der Waals surface area contributed by atoms with Crippen LogP contribution >= 0.6 is 15.9 Å². The van der Waals surface area contributed by atoms with Crippen molar-refractivity contribution in [3.63, 3.8) is 0 Å². The van der Waals surface area contributed by atoms with E-state index in [-0.39, 0.29) is 5.92 Å². The molecule has 0 bridgehead atoms. The van der Waals surface area contributed by atoms with Crippen molar-refractivity contribution in [1.82, 2.24) is 0 Å². The van der Waals surface area contributed by atoms with E-state index >= 15 is 0 Å². The van der Waals surface area contributed by atoms with Crippen LogP contribution in [0.25, 0.3) is 0 Å². The first kappa shape index (κ1) is 7.98. The third kappa shape index (κ3) is 0.874. The first-order chi connectivity index (χ1) is 5.64. The van der Waals surface area contributed by atoms with Crippen LogP contribution in [0.2, 0.25) is 0 Å². The Morgan fingerprint density at radius 2 is 2.33 bits per heavy atom. The molecule has 0 radical (unpaired) electrons. The minimum absolute atomic E-state index is 0.324. The number of ether oxygens (including phenoxy) is 1. The van der Waals surface area contributed by atoms with Gasteiger partial charge in [-0.3, -0.25) is 4.79 Å². The lowest BCUT2D eigenvalue weighted by Crippen LogP contribution is -2.34. The molecular weight excluding hydrogens is 224 g/mol. The molecule has 1 heterocycles. The second-order valence-corrected chi connectivity index (χ2v) is 4.32. The standard InChI is InChI=1S/C8H7BrO3/c9-8-4-2-1-3-5(8)6(10)12-7(8)11/h2,4-5H,1,3H2. The number of hydrogen-bond acceptors (Lipinski definition) is 3. The van der Waals surface area contributed by atoms with E-state index in [0.717, 1.165) is 6.42 Å². The van der Waals surface area contributed by atoms with Crippen molar-refractivity contribution >= 4 is 27.9 Å². The summed E-state index contributed by atoms with van der Waals surface area (Å²) in [5, 5.41) is 0. The SMILES string of the molecule is O=C1OC(=O)C2(Br)C=CCCC12. The second kappa shape index (κ2) is 2.42. The Labute approximate surface area is 77.9 Å². The van der Waals surface area contributed by atoms with Gasteiger partial charge in [-0.2, -0.15) is 0 Å². The van der Waals surface area contributed by atoms with Crippen molar-refractivity contribution in [2.75, 3.05) is 0 Å². The normalized spacial score (nSPS) is 39.6. The van der Waals surface area contributed by atoms with Gasteiger partial charge in [0.05, 0.1) is 5.92 Å². The van der Waals surface area contributed by atoms with Crippen molar-refractivity contribution in [3.8, 4) is 0 Å². The minimum atomic E-state index is -0.859. The smallest absolute Gasteiger partial charge is 0.335 e. The molecule has 2 rings (SSSR count). The molecule has 0 N–H and O–H groups in total. The summed E-state index contributed by atoms with van der Waals surface area (Å²) in [6.45, 7) is 0. The molecule has 2 unspecified atom stereocenters. The number of halogens is 1. The van der Waals surface area contributed by atoms with Gasteiger partial charge in [-0.05, 0) is 12.8 Å². The number of esters is 2. The Bertz CT molecular complexity index is 284. The van der Waals surface area contributed by atoms with Crippen LogP contribution in [0.1, 0.15) is 12.8 Å². The lowest BCUT2D eigenvalue weighted by Gasteiger charge is -2.22. The van der Waals surface area contributed by atoms with Gasteiger partial charge in [0.15, 0.2) is 4.32 Å². The van der Waals surface area contributed by atoms with Gasteiger partial charge in [-0.25, -0.2) is 4.79 Å². The van der Waals surface area contributed by atoms with E-state index in [9.17, 15) is 9.59 Å². The molecular formula is C8H7BrO3. The molecule has 1 aliphatic carbocycles. The van der Waals surface area contributed by atoms with E-state index in [1.165, 1.54) is 0 Å². The largest absolute Gasteiger partial charge is 0.392 e. The highest BCUT2D eigenvalue weighted by molar-refractivity contribution is 9.10. The highest BCUT2D eigenvalue weighted by Gasteiger charge is 2.55. The van der Waals surface area contributed by atoms with Gasteiger partial charge in [0.2, 0.25) is 0 Å². The Hall–Kier alpha value is -0.640. The predicted octanol–water partition coefficient (Wildman–Crippen LogP) is 1.17. The van der Waals surface area contributed by atoms with Crippen LogP contribution in [0.15, 0.2) is 12.2 Å². The second-order valence-electron chi connectivity index (χ2n) is 3.01. The molecule has 2 aliphatic rings. The highest BCUT2D eigenvalue weighted by Crippen LogP contribution is 2.42. The van der Waals surface area contributed by atoms with Gasteiger partial charge in [0.1, 0.15) is 0 Å². The molecule has 0 amide bonds. The number of hydrogen-bond donors (Lipinski definition) is 0. The minimum Gasteiger partial charge on any atom is -0.392 e. The quantitative estimate of drug-likeness (QED) is 0.272. The highest BCUT2D eigenvalue weighted by atomic mass is 79.9.